The van der Waals surface area contributed by atoms with E-state index in [2.05, 4.69) is 15.3 Å². The molecule has 6 heteroatoms. The van der Waals surface area contributed by atoms with Crippen LogP contribution in [0.25, 0.3) is 10.7 Å². The van der Waals surface area contributed by atoms with Crippen molar-refractivity contribution < 1.29 is 9.90 Å². The number of nitrogens with zero attached hydrogens (tertiary/aromatic N) is 2. The SMILES string of the molecule is Cc1nc(-c2ccccn2)sc1C(=O)NC(CCO)C1CC1. The Kier molecular flexibility index (Phi) is 4.49. The van der Waals surface area contributed by atoms with Crippen LogP contribution in [0.3, 0.4) is 0 Å². The molecule has 0 bridgehead atoms. The van der Waals surface area contributed by atoms with Crippen molar-refractivity contribution in [3.63, 3.8) is 0 Å². The molecule has 1 fully saturated rings. The highest BCUT2D eigenvalue weighted by Crippen LogP contribution is 2.34. The first-order chi connectivity index (χ1) is 10.7. The quantitative estimate of drug-likeness (QED) is 0.858. The zero-order valence-corrected chi connectivity index (χ0v) is 13.3. The predicted molar refractivity (Wildman–Crippen MR) is 85.8 cm³/mol. The fourth-order valence-electron chi connectivity index (χ4n) is 2.50. The Hall–Kier alpha value is -1.79. The van der Waals surface area contributed by atoms with Crippen molar-refractivity contribution in [1.29, 1.82) is 0 Å². The molecule has 2 N–H and O–H groups in total. The van der Waals surface area contributed by atoms with E-state index in [-0.39, 0.29) is 18.6 Å². The molecule has 5 nitrogen and oxygen atoms in total. The summed E-state index contributed by atoms with van der Waals surface area (Å²) >= 11 is 1.36. The lowest BCUT2D eigenvalue weighted by atomic mass is 10.1. The van der Waals surface area contributed by atoms with Gasteiger partial charge in [0.05, 0.1) is 11.4 Å². The molecule has 116 valence electrons. The van der Waals surface area contributed by atoms with Crippen LogP contribution in [0.5, 0.6) is 0 Å². The number of rotatable bonds is 6. The maximum Gasteiger partial charge on any atom is 0.263 e. The van der Waals surface area contributed by atoms with E-state index < -0.39 is 0 Å². The Morgan fingerprint density at radius 3 is 2.95 bits per heavy atom. The topological polar surface area (TPSA) is 75.1 Å². The predicted octanol–water partition coefficient (Wildman–Crippen LogP) is 2.40. The molecule has 1 amide bonds. The average molecular weight is 317 g/mol. The third kappa shape index (κ3) is 3.34. The minimum Gasteiger partial charge on any atom is -0.396 e. The molecule has 0 spiro atoms. The molecule has 2 aromatic rings. The Morgan fingerprint density at radius 2 is 2.32 bits per heavy atom. The average Bonchev–Trinajstić information content (AvgIpc) is 3.30. The van der Waals surface area contributed by atoms with Crippen LogP contribution in [-0.2, 0) is 0 Å². The van der Waals surface area contributed by atoms with Gasteiger partial charge in [0, 0.05) is 18.8 Å². The highest BCUT2D eigenvalue weighted by Gasteiger charge is 2.32. The smallest absolute Gasteiger partial charge is 0.263 e. The van der Waals surface area contributed by atoms with Crippen LogP contribution >= 0.6 is 11.3 Å². The van der Waals surface area contributed by atoms with Gasteiger partial charge in [0.25, 0.3) is 5.91 Å². The number of aromatic nitrogens is 2. The third-order valence-corrected chi connectivity index (χ3v) is 5.01. The zero-order valence-electron chi connectivity index (χ0n) is 12.5. The second-order valence-electron chi connectivity index (χ2n) is 5.58. The minimum atomic E-state index is -0.0949. The van der Waals surface area contributed by atoms with E-state index in [1.54, 1.807) is 6.20 Å². The van der Waals surface area contributed by atoms with Gasteiger partial charge in [-0.05, 0) is 44.2 Å². The van der Waals surface area contributed by atoms with Crippen LogP contribution in [0, 0.1) is 12.8 Å². The first-order valence-electron chi connectivity index (χ1n) is 7.49. The fraction of sp³-hybridized carbons (Fsp3) is 0.438. The number of hydrogen-bond donors (Lipinski definition) is 2. The van der Waals surface area contributed by atoms with Gasteiger partial charge < -0.3 is 10.4 Å². The van der Waals surface area contributed by atoms with Crippen molar-refractivity contribution in [3.05, 3.63) is 35.0 Å². The lowest BCUT2D eigenvalue weighted by Crippen LogP contribution is -2.37. The van der Waals surface area contributed by atoms with Gasteiger partial charge in [-0.25, -0.2) is 4.98 Å². The Labute approximate surface area is 133 Å². The maximum atomic E-state index is 12.5. The van der Waals surface area contributed by atoms with Crippen LogP contribution in [0.15, 0.2) is 24.4 Å². The number of carbonyl (C=O) groups is 1. The molecule has 3 rings (SSSR count). The minimum absolute atomic E-state index is 0.0669. The molecule has 22 heavy (non-hydrogen) atoms. The third-order valence-electron chi connectivity index (χ3n) is 3.83. The van der Waals surface area contributed by atoms with E-state index >= 15 is 0 Å². The van der Waals surface area contributed by atoms with Gasteiger partial charge in [0.2, 0.25) is 0 Å². The molecule has 0 saturated heterocycles. The normalized spacial score (nSPS) is 15.5. The monoisotopic (exact) mass is 317 g/mol. The van der Waals surface area contributed by atoms with Crippen LogP contribution in [-0.4, -0.2) is 33.6 Å². The Morgan fingerprint density at radius 1 is 1.50 bits per heavy atom. The fourth-order valence-corrected chi connectivity index (χ4v) is 3.45. The molecular formula is C16H19N3O2S. The summed E-state index contributed by atoms with van der Waals surface area (Å²) < 4.78 is 0. The first-order valence-corrected chi connectivity index (χ1v) is 8.31. The molecule has 1 unspecified atom stereocenters. The summed E-state index contributed by atoms with van der Waals surface area (Å²) in [6.45, 7) is 1.94. The van der Waals surface area contributed by atoms with Gasteiger partial charge in [0.1, 0.15) is 9.88 Å². The van der Waals surface area contributed by atoms with Crippen molar-refractivity contribution in [2.24, 2.45) is 5.92 Å². The largest absolute Gasteiger partial charge is 0.396 e. The van der Waals surface area contributed by atoms with Crippen molar-refractivity contribution in [2.45, 2.75) is 32.2 Å². The van der Waals surface area contributed by atoms with Crippen molar-refractivity contribution in [2.75, 3.05) is 6.61 Å². The van der Waals surface area contributed by atoms with Gasteiger partial charge in [-0.15, -0.1) is 11.3 Å². The molecule has 2 aromatic heterocycles. The lowest BCUT2D eigenvalue weighted by Gasteiger charge is -2.16. The molecule has 1 saturated carbocycles. The number of pyridine rings is 1. The van der Waals surface area contributed by atoms with Crippen LogP contribution < -0.4 is 5.32 Å². The summed E-state index contributed by atoms with van der Waals surface area (Å²) in [5.41, 5.74) is 1.51. The van der Waals surface area contributed by atoms with Gasteiger partial charge >= 0.3 is 0 Å². The van der Waals surface area contributed by atoms with E-state index in [4.69, 9.17) is 5.11 Å². The van der Waals surface area contributed by atoms with Gasteiger partial charge in [-0.2, -0.15) is 0 Å². The summed E-state index contributed by atoms with van der Waals surface area (Å²) in [6.07, 6.45) is 4.59. The summed E-state index contributed by atoms with van der Waals surface area (Å²) in [6, 6.07) is 5.71. The second-order valence-corrected chi connectivity index (χ2v) is 6.58. The number of hydrogen-bond acceptors (Lipinski definition) is 5. The van der Waals surface area contributed by atoms with Gasteiger partial charge in [-0.1, -0.05) is 6.07 Å². The summed E-state index contributed by atoms with van der Waals surface area (Å²) in [7, 11) is 0. The highest BCUT2D eigenvalue weighted by atomic mass is 32.1. The van der Waals surface area contributed by atoms with Gasteiger partial charge in [-0.3, -0.25) is 9.78 Å². The van der Waals surface area contributed by atoms with Crippen molar-refractivity contribution in [1.82, 2.24) is 15.3 Å². The maximum absolute atomic E-state index is 12.5. The van der Waals surface area contributed by atoms with E-state index in [0.717, 1.165) is 29.2 Å². The standard InChI is InChI=1S/C16H19N3O2S/c1-10-14(15(21)19-12(7-9-20)11-5-6-11)22-16(18-10)13-4-2-3-8-17-13/h2-4,8,11-12,20H,5-7,9H2,1H3,(H,19,21). The molecule has 1 aliphatic carbocycles. The molecule has 2 heterocycles. The van der Waals surface area contributed by atoms with Crippen LogP contribution in [0.4, 0.5) is 0 Å². The number of amides is 1. The highest BCUT2D eigenvalue weighted by molar-refractivity contribution is 7.17. The molecule has 1 aliphatic rings. The number of aliphatic hydroxyl groups excluding tert-OH is 1. The number of carbonyl (C=O) groups excluding carboxylic acids is 1. The number of thiazole rings is 1. The van der Waals surface area contributed by atoms with Crippen LogP contribution in [0.1, 0.15) is 34.6 Å². The van der Waals surface area contributed by atoms with E-state index in [1.165, 1.54) is 11.3 Å². The molecule has 0 radical (unpaired) electrons. The molecular weight excluding hydrogens is 298 g/mol. The molecule has 0 aliphatic heterocycles. The van der Waals surface area contributed by atoms with Crippen molar-refractivity contribution >= 4 is 17.2 Å². The Bertz CT molecular complexity index is 653. The first kappa shape index (κ1) is 15.1. The second kappa shape index (κ2) is 6.54. The molecule has 0 aromatic carbocycles. The van der Waals surface area contributed by atoms with E-state index in [0.29, 0.717) is 17.2 Å². The number of aliphatic hydroxyl groups is 1. The summed E-state index contributed by atoms with van der Waals surface area (Å²) in [4.78, 5) is 21.8. The van der Waals surface area contributed by atoms with Crippen LogP contribution in [0.2, 0.25) is 0 Å². The van der Waals surface area contributed by atoms with E-state index in [9.17, 15) is 4.79 Å². The van der Waals surface area contributed by atoms with Gasteiger partial charge in [0.15, 0.2) is 0 Å². The summed E-state index contributed by atoms with van der Waals surface area (Å²) in [5.74, 6) is 0.419. The summed E-state index contributed by atoms with van der Waals surface area (Å²) in [5, 5.41) is 12.9. The lowest BCUT2D eigenvalue weighted by molar-refractivity contribution is 0.0927. The molecule has 1 atom stereocenters. The zero-order chi connectivity index (χ0) is 15.5. The number of aryl methyl sites for hydroxylation is 1. The number of nitrogens with one attached hydrogen (secondary N) is 1. The Balaban J connectivity index is 1.76. The van der Waals surface area contributed by atoms with Crippen molar-refractivity contribution in [3.8, 4) is 10.7 Å². The van der Waals surface area contributed by atoms with E-state index in [1.807, 2.05) is 25.1 Å².